The predicted octanol–water partition coefficient (Wildman–Crippen LogP) is 2.60. The van der Waals surface area contributed by atoms with Gasteiger partial charge in [0.2, 0.25) is 0 Å². The van der Waals surface area contributed by atoms with Gasteiger partial charge in [-0.1, -0.05) is 6.07 Å². The Morgan fingerprint density at radius 3 is 2.78 bits per heavy atom. The fourth-order valence-corrected chi connectivity index (χ4v) is 1.59. The minimum absolute atomic E-state index is 0.198. The SMILES string of the molecule is Cc1ccc(NCc2cc(C(=O)O)c(C)o2)nc1. The second kappa shape index (κ2) is 4.91. The summed E-state index contributed by atoms with van der Waals surface area (Å²) < 4.78 is 5.35. The van der Waals surface area contributed by atoms with E-state index in [1.165, 1.54) is 6.07 Å². The van der Waals surface area contributed by atoms with Crippen molar-refractivity contribution in [2.24, 2.45) is 0 Å². The lowest BCUT2D eigenvalue weighted by Crippen LogP contribution is -2.00. The van der Waals surface area contributed by atoms with Crippen LogP contribution in [0.2, 0.25) is 0 Å². The molecule has 0 unspecified atom stereocenters. The number of aromatic nitrogens is 1. The normalized spacial score (nSPS) is 10.3. The van der Waals surface area contributed by atoms with Crippen molar-refractivity contribution in [3.05, 3.63) is 47.0 Å². The maximum absolute atomic E-state index is 10.9. The molecule has 94 valence electrons. The first-order chi connectivity index (χ1) is 8.56. The largest absolute Gasteiger partial charge is 0.478 e. The van der Waals surface area contributed by atoms with Gasteiger partial charge in [0.05, 0.1) is 6.54 Å². The predicted molar refractivity (Wildman–Crippen MR) is 66.7 cm³/mol. The Morgan fingerprint density at radius 1 is 1.44 bits per heavy atom. The zero-order valence-corrected chi connectivity index (χ0v) is 10.2. The first kappa shape index (κ1) is 12.2. The summed E-state index contributed by atoms with van der Waals surface area (Å²) in [6.45, 7) is 4.01. The van der Waals surface area contributed by atoms with Crippen LogP contribution in [0.1, 0.15) is 27.4 Å². The van der Waals surface area contributed by atoms with Gasteiger partial charge in [-0.15, -0.1) is 0 Å². The smallest absolute Gasteiger partial charge is 0.339 e. The standard InChI is InChI=1S/C13H14N2O3/c1-8-3-4-12(14-6-8)15-7-10-5-11(13(16)17)9(2)18-10/h3-6H,7H2,1-2H3,(H,14,15)(H,16,17). The number of hydrogen-bond acceptors (Lipinski definition) is 4. The number of rotatable bonds is 4. The van der Waals surface area contributed by atoms with Crippen molar-refractivity contribution in [2.45, 2.75) is 20.4 Å². The van der Waals surface area contributed by atoms with Crippen molar-refractivity contribution in [1.82, 2.24) is 4.98 Å². The van der Waals surface area contributed by atoms with Crippen molar-refractivity contribution in [1.29, 1.82) is 0 Å². The van der Waals surface area contributed by atoms with Gasteiger partial charge in [0.15, 0.2) is 0 Å². The molecule has 0 atom stereocenters. The molecule has 0 radical (unpaired) electrons. The maximum Gasteiger partial charge on any atom is 0.339 e. The molecule has 5 heteroatoms. The van der Waals surface area contributed by atoms with Crippen LogP contribution in [-0.2, 0) is 6.54 Å². The van der Waals surface area contributed by atoms with Crippen LogP contribution in [0.5, 0.6) is 0 Å². The molecule has 0 aliphatic carbocycles. The second-order valence-corrected chi connectivity index (χ2v) is 4.06. The zero-order valence-electron chi connectivity index (χ0n) is 10.2. The van der Waals surface area contributed by atoms with E-state index in [9.17, 15) is 4.79 Å². The van der Waals surface area contributed by atoms with Crippen molar-refractivity contribution in [3.8, 4) is 0 Å². The summed E-state index contributed by atoms with van der Waals surface area (Å²) in [5, 5.41) is 12.0. The van der Waals surface area contributed by atoms with Gasteiger partial charge in [-0.25, -0.2) is 9.78 Å². The minimum atomic E-state index is -0.976. The third kappa shape index (κ3) is 2.68. The number of nitrogens with zero attached hydrogens (tertiary/aromatic N) is 1. The summed E-state index contributed by atoms with van der Waals surface area (Å²) in [7, 11) is 0. The number of aromatic carboxylic acids is 1. The van der Waals surface area contributed by atoms with Crippen LogP contribution in [0.15, 0.2) is 28.8 Å². The number of anilines is 1. The molecule has 2 N–H and O–H groups in total. The monoisotopic (exact) mass is 246 g/mol. The lowest BCUT2D eigenvalue weighted by Gasteiger charge is -2.02. The number of carboxylic acids is 1. The summed E-state index contributed by atoms with van der Waals surface area (Å²) >= 11 is 0. The van der Waals surface area contributed by atoms with Gasteiger partial charge in [0.1, 0.15) is 22.9 Å². The van der Waals surface area contributed by atoms with Crippen LogP contribution in [-0.4, -0.2) is 16.1 Å². The third-order valence-electron chi connectivity index (χ3n) is 2.55. The van der Waals surface area contributed by atoms with Crippen LogP contribution in [0, 0.1) is 13.8 Å². The number of carboxylic acid groups (broad SMARTS) is 1. The Labute approximate surface area is 104 Å². The van der Waals surface area contributed by atoms with E-state index in [0.717, 1.165) is 11.4 Å². The van der Waals surface area contributed by atoms with Crippen LogP contribution in [0.3, 0.4) is 0 Å². The summed E-state index contributed by atoms with van der Waals surface area (Å²) in [5.41, 5.74) is 1.28. The maximum atomic E-state index is 10.9. The Morgan fingerprint density at radius 2 is 2.22 bits per heavy atom. The highest BCUT2D eigenvalue weighted by molar-refractivity contribution is 5.88. The molecule has 0 bridgehead atoms. The van der Waals surface area contributed by atoms with Gasteiger partial charge >= 0.3 is 5.97 Å². The quantitative estimate of drug-likeness (QED) is 0.867. The Balaban J connectivity index is 2.04. The average Bonchev–Trinajstić information content (AvgIpc) is 2.70. The van der Waals surface area contributed by atoms with E-state index in [-0.39, 0.29) is 5.56 Å². The van der Waals surface area contributed by atoms with Crippen molar-refractivity contribution < 1.29 is 14.3 Å². The molecular weight excluding hydrogens is 232 g/mol. The molecule has 0 amide bonds. The summed E-state index contributed by atoms with van der Waals surface area (Å²) in [6.07, 6.45) is 1.76. The van der Waals surface area contributed by atoms with E-state index in [4.69, 9.17) is 9.52 Å². The Bertz CT molecular complexity index is 558. The lowest BCUT2D eigenvalue weighted by molar-refractivity contribution is 0.0695. The van der Waals surface area contributed by atoms with E-state index >= 15 is 0 Å². The molecule has 2 heterocycles. The van der Waals surface area contributed by atoms with Crippen molar-refractivity contribution >= 4 is 11.8 Å². The average molecular weight is 246 g/mol. The van der Waals surface area contributed by atoms with E-state index in [0.29, 0.717) is 18.1 Å². The molecule has 0 aliphatic heterocycles. The lowest BCUT2D eigenvalue weighted by atomic mass is 10.2. The highest BCUT2D eigenvalue weighted by Crippen LogP contribution is 2.15. The Kier molecular flexibility index (Phi) is 3.32. The molecule has 0 saturated heterocycles. The number of carbonyl (C=O) groups is 1. The molecule has 0 saturated carbocycles. The fraction of sp³-hybridized carbons (Fsp3) is 0.231. The fourth-order valence-electron chi connectivity index (χ4n) is 1.59. The van der Waals surface area contributed by atoms with Gasteiger partial charge < -0.3 is 14.8 Å². The van der Waals surface area contributed by atoms with Gasteiger partial charge in [0, 0.05) is 6.20 Å². The molecule has 0 spiro atoms. The molecule has 18 heavy (non-hydrogen) atoms. The molecule has 2 rings (SSSR count). The minimum Gasteiger partial charge on any atom is -0.478 e. The van der Waals surface area contributed by atoms with Gasteiger partial charge in [-0.3, -0.25) is 0 Å². The first-order valence-corrected chi connectivity index (χ1v) is 5.55. The number of furan rings is 1. The van der Waals surface area contributed by atoms with E-state index in [1.807, 2.05) is 19.1 Å². The molecular formula is C13H14N2O3. The third-order valence-corrected chi connectivity index (χ3v) is 2.55. The van der Waals surface area contributed by atoms with Gasteiger partial charge in [-0.2, -0.15) is 0 Å². The van der Waals surface area contributed by atoms with Crippen LogP contribution < -0.4 is 5.32 Å². The Hall–Kier alpha value is -2.30. The zero-order chi connectivity index (χ0) is 13.1. The van der Waals surface area contributed by atoms with Crippen LogP contribution in [0.25, 0.3) is 0 Å². The molecule has 0 aliphatic rings. The van der Waals surface area contributed by atoms with Gasteiger partial charge in [-0.05, 0) is 31.5 Å². The van der Waals surface area contributed by atoms with Gasteiger partial charge in [0.25, 0.3) is 0 Å². The molecule has 0 fully saturated rings. The summed E-state index contributed by atoms with van der Waals surface area (Å²) in [5.74, 6) is 0.742. The molecule has 2 aromatic rings. The number of pyridine rings is 1. The second-order valence-electron chi connectivity index (χ2n) is 4.06. The number of hydrogen-bond donors (Lipinski definition) is 2. The highest BCUT2D eigenvalue weighted by atomic mass is 16.4. The highest BCUT2D eigenvalue weighted by Gasteiger charge is 2.13. The van der Waals surface area contributed by atoms with Crippen LogP contribution in [0.4, 0.5) is 5.82 Å². The van der Waals surface area contributed by atoms with Crippen LogP contribution >= 0.6 is 0 Å². The van der Waals surface area contributed by atoms with E-state index in [1.54, 1.807) is 13.1 Å². The van der Waals surface area contributed by atoms with Crippen molar-refractivity contribution in [3.63, 3.8) is 0 Å². The molecule has 2 aromatic heterocycles. The van der Waals surface area contributed by atoms with Crippen molar-refractivity contribution in [2.75, 3.05) is 5.32 Å². The number of aryl methyl sites for hydroxylation is 2. The molecule has 5 nitrogen and oxygen atoms in total. The molecule has 0 aromatic carbocycles. The summed E-state index contributed by atoms with van der Waals surface area (Å²) in [4.78, 5) is 15.0. The topological polar surface area (TPSA) is 75.4 Å². The van der Waals surface area contributed by atoms with E-state index in [2.05, 4.69) is 10.3 Å². The van der Waals surface area contributed by atoms with E-state index < -0.39 is 5.97 Å². The first-order valence-electron chi connectivity index (χ1n) is 5.55. The summed E-state index contributed by atoms with van der Waals surface area (Å²) in [6, 6.07) is 5.34. The number of nitrogens with one attached hydrogen (secondary N) is 1.